The van der Waals surface area contributed by atoms with Crippen molar-refractivity contribution in [1.29, 1.82) is 0 Å². The molecule has 0 saturated carbocycles. The number of nitrogens with two attached hydrogens (primary N) is 1. The first-order valence-electron chi connectivity index (χ1n) is 7.42. The molecule has 3 nitrogen and oxygen atoms in total. The molecule has 1 aromatic carbocycles. The molecule has 0 amide bonds. The highest BCUT2D eigenvalue weighted by Gasteiger charge is 2.02. The van der Waals surface area contributed by atoms with Crippen molar-refractivity contribution in [2.45, 2.75) is 52.5 Å². The van der Waals surface area contributed by atoms with E-state index in [0.29, 0.717) is 6.04 Å². The molecule has 108 valence electrons. The number of nitrogens with one attached hydrogen (secondary N) is 1. The van der Waals surface area contributed by atoms with Gasteiger partial charge in [-0.2, -0.15) is 0 Å². The van der Waals surface area contributed by atoms with Gasteiger partial charge in [0.1, 0.15) is 5.75 Å². The average molecular weight is 264 g/mol. The van der Waals surface area contributed by atoms with Crippen molar-refractivity contribution in [2.75, 3.05) is 18.9 Å². The lowest BCUT2D eigenvalue weighted by Crippen LogP contribution is -2.26. The molecule has 0 saturated heterocycles. The van der Waals surface area contributed by atoms with Crippen molar-refractivity contribution >= 4 is 5.69 Å². The molecule has 1 atom stereocenters. The van der Waals surface area contributed by atoms with Crippen molar-refractivity contribution in [1.82, 2.24) is 5.32 Å². The van der Waals surface area contributed by atoms with Crippen LogP contribution in [0.25, 0.3) is 0 Å². The molecular weight excluding hydrogens is 236 g/mol. The van der Waals surface area contributed by atoms with Gasteiger partial charge in [0.05, 0.1) is 12.3 Å². The molecule has 0 aliphatic carbocycles. The molecule has 1 rings (SSSR count). The van der Waals surface area contributed by atoms with Crippen LogP contribution < -0.4 is 15.8 Å². The summed E-state index contributed by atoms with van der Waals surface area (Å²) in [5.74, 6) is 0.809. The number of nitrogen functional groups attached to an aromatic ring is 1. The Morgan fingerprint density at radius 2 is 2.11 bits per heavy atom. The third-order valence-corrected chi connectivity index (χ3v) is 3.28. The minimum atomic E-state index is 0.606. The van der Waals surface area contributed by atoms with Crippen LogP contribution in [0.15, 0.2) is 18.2 Å². The summed E-state index contributed by atoms with van der Waals surface area (Å²) in [7, 11) is 0. The molecule has 0 aromatic heterocycles. The standard InChI is InChI=1S/C16H28N2O/c1-4-11-19-16-9-8-14(12-15(16)17)7-6-10-18-13(3)5-2/h8-9,12-13,18H,4-7,10-11,17H2,1-3H3. The van der Waals surface area contributed by atoms with Gasteiger partial charge >= 0.3 is 0 Å². The van der Waals surface area contributed by atoms with Crippen LogP contribution in [0.5, 0.6) is 5.75 Å². The summed E-state index contributed by atoms with van der Waals surface area (Å²) in [4.78, 5) is 0. The van der Waals surface area contributed by atoms with Crippen molar-refractivity contribution in [3.63, 3.8) is 0 Å². The van der Waals surface area contributed by atoms with Crippen LogP contribution in [0.1, 0.15) is 45.6 Å². The average Bonchev–Trinajstić information content (AvgIpc) is 2.42. The van der Waals surface area contributed by atoms with Crippen LogP contribution in [-0.2, 0) is 6.42 Å². The second-order valence-corrected chi connectivity index (χ2v) is 5.09. The highest BCUT2D eigenvalue weighted by Crippen LogP contribution is 2.23. The highest BCUT2D eigenvalue weighted by atomic mass is 16.5. The third-order valence-electron chi connectivity index (χ3n) is 3.28. The van der Waals surface area contributed by atoms with Gasteiger partial charge in [0, 0.05) is 6.04 Å². The molecule has 0 radical (unpaired) electrons. The van der Waals surface area contributed by atoms with Crippen molar-refractivity contribution < 1.29 is 4.74 Å². The van der Waals surface area contributed by atoms with Crippen LogP contribution in [0.3, 0.4) is 0 Å². The maximum absolute atomic E-state index is 6.00. The van der Waals surface area contributed by atoms with Crippen LogP contribution in [0, 0.1) is 0 Å². The fourth-order valence-electron chi connectivity index (χ4n) is 1.88. The highest BCUT2D eigenvalue weighted by molar-refractivity contribution is 5.54. The first-order chi connectivity index (χ1) is 9.17. The Morgan fingerprint density at radius 3 is 2.74 bits per heavy atom. The van der Waals surface area contributed by atoms with Gasteiger partial charge in [-0.25, -0.2) is 0 Å². The molecule has 19 heavy (non-hydrogen) atoms. The lowest BCUT2D eigenvalue weighted by molar-refractivity contribution is 0.319. The van der Waals surface area contributed by atoms with Crippen molar-refractivity contribution in [3.05, 3.63) is 23.8 Å². The van der Waals surface area contributed by atoms with E-state index in [1.54, 1.807) is 0 Å². The third kappa shape index (κ3) is 5.97. The van der Waals surface area contributed by atoms with E-state index in [2.05, 4.69) is 32.2 Å². The van der Waals surface area contributed by atoms with Crippen molar-refractivity contribution in [3.8, 4) is 5.75 Å². The van der Waals surface area contributed by atoms with Crippen LogP contribution >= 0.6 is 0 Å². The van der Waals surface area contributed by atoms with Crippen LogP contribution in [0.4, 0.5) is 5.69 Å². The maximum Gasteiger partial charge on any atom is 0.142 e. The van der Waals surface area contributed by atoms with E-state index in [1.807, 2.05) is 12.1 Å². The van der Waals surface area contributed by atoms with E-state index >= 15 is 0 Å². The molecule has 0 aliphatic heterocycles. The van der Waals surface area contributed by atoms with Gasteiger partial charge in [0.2, 0.25) is 0 Å². The van der Waals surface area contributed by atoms with Crippen LogP contribution in [-0.4, -0.2) is 19.2 Å². The van der Waals surface area contributed by atoms with E-state index in [9.17, 15) is 0 Å². The molecule has 0 spiro atoms. The Labute approximate surface area is 117 Å². The van der Waals surface area contributed by atoms with E-state index in [0.717, 1.165) is 43.9 Å². The zero-order valence-corrected chi connectivity index (χ0v) is 12.5. The van der Waals surface area contributed by atoms with Crippen molar-refractivity contribution in [2.24, 2.45) is 0 Å². The molecular formula is C16H28N2O. The van der Waals surface area contributed by atoms with Crippen LogP contribution in [0.2, 0.25) is 0 Å². The van der Waals surface area contributed by atoms with E-state index in [1.165, 1.54) is 12.0 Å². The fraction of sp³-hybridized carbons (Fsp3) is 0.625. The number of aryl methyl sites for hydroxylation is 1. The van der Waals surface area contributed by atoms with Gasteiger partial charge in [0.25, 0.3) is 0 Å². The van der Waals surface area contributed by atoms with E-state index in [-0.39, 0.29) is 0 Å². The Kier molecular flexibility index (Phi) is 7.34. The molecule has 3 heteroatoms. The topological polar surface area (TPSA) is 47.3 Å². The first-order valence-corrected chi connectivity index (χ1v) is 7.42. The Hall–Kier alpha value is -1.22. The largest absolute Gasteiger partial charge is 0.491 e. The molecule has 0 fully saturated rings. The predicted octanol–water partition coefficient (Wildman–Crippen LogP) is 3.38. The number of hydrogen-bond donors (Lipinski definition) is 2. The van der Waals surface area contributed by atoms with Gasteiger partial charge in [-0.3, -0.25) is 0 Å². The van der Waals surface area contributed by atoms with E-state index < -0.39 is 0 Å². The number of ether oxygens (including phenoxy) is 1. The summed E-state index contributed by atoms with van der Waals surface area (Å²) >= 11 is 0. The summed E-state index contributed by atoms with van der Waals surface area (Å²) in [5.41, 5.74) is 8.03. The fourth-order valence-corrected chi connectivity index (χ4v) is 1.88. The second kappa shape index (κ2) is 8.81. The summed E-state index contributed by atoms with van der Waals surface area (Å²) < 4.78 is 5.58. The summed E-state index contributed by atoms with van der Waals surface area (Å²) in [6.07, 6.45) is 4.37. The lowest BCUT2D eigenvalue weighted by atomic mass is 10.1. The molecule has 0 bridgehead atoms. The summed E-state index contributed by atoms with van der Waals surface area (Å²) in [5, 5.41) is 3.50. The second-order valence-electron chi connectivity index (χ2n) is 5.09. The Morgan fingerprint density at radius 1 is 1.32 bits per heavy atom. The van der Waals surface area contributed by atoms with Gasteiger partial charge in [-0.1, -0.05) is 19.9 Å². The predicted molar refractivity (Wildman–Crippen MR) is 82.7 cm³/mol. The molecule has 1 unspecified atom stereocenters. The molecule has 3 N–H and O–H groups in total. The number of rotatable bonds is 9. The van der Waals surface area contributed by atoms with Gasteiger partial charge in [0.15, 0.2) is 0 Å². The minimum absolute atomic E-state index is 0.606. The number of hydrogen-bond acceptors (Lipinski definition) is 3. The number of anilines is 1. The lowest BCUT2D eigenvalue weighted by Gasteiger charge is -2.12. The molecule has 0 heterocycles. The SMILES string of the molecule is CCCOc1ccc(CCCNC(C)CC)cc1N. The Balaban J connectivity index is 2.36. The number of benzene rings is 1. The smallest absolute Gasteiger partial charge is 0.142 e. The molecule has 1 aromatic rings. The summed E-state index contributed by atoms with van der Waals surface area (Å²) in [6.45, 7) is 8.30. The van der Waals surface area contributed by atoms with Gasteiger partial charge < -0.3 is 15.8 Å². The normalized spacial score (nSPS) is 12.4. The van der Waals surface area contributed by atoms with E-state index in [4.69, 9.17) is 10.5 Å². The monoisotopic (exact) mass is 264 g/mol. The minimum Gasteiger partial charge on any atom is -0.491 e. The maximum atomic E-state index is 6.00. The van der Waals surface area contributed by atoms with Gasteiger partial charge in [-0.15, -0.1) is 0 Å². The summed E-state index contributed by atoms with van der Waals surface area (Å²) in [6, 6.07) is 6.75. The zero-order chi connectivity index (χ0) is 14.1. The quantitative estimate of drug-likeness (QED) is 0.531. The zero-order valence-electron chi connectivity index (χ0n) is 12.5. The van der Waals surface area contributed by atoms with Gasteiger partial charge in [-0.05, 0) is 56.8 Å². The molecule has 0 aliphatic rings. The first kappa shape index (κ1) is 15.8. The Bertz CT molecular complexity index is 366.